The molecule has 0 aliphatic carbocycles. The van der Waals surface area contributed by atoms with Crippen molar-refractivity contribution in [3.05, 3.63) is 131 Å². The van der Waals surface area contributed by atoms with E-state index in [1.165, 1.54) is 0 Å². The first-order chi connectivity index (χ1) is 18.6. The van der Waals surface area contributed by atoms with Crippen LogP contribution in [0.25, 0.3) is 0 Å². The molecule has 0 heterocycles. The van der Waals surface area contributed by atoms with Crippen LogP contribution in [0.1, 0.15) is 33.3 Å². The van der Waals surface area contributed by atoms with Gasteiger partial charge in [0.25, 0.3) is 0 Å². The summed E-state index contributed by atoms with van der Waals surface area (Å²) in [5, 5.41) is 2.27. The third kappa shape index (κ3) is 6.13. The SMILES string of the molecule is C[Si](C)(c1ccccc1)C(c1ccc(C(F)(F)F)cc1)C(c1ccc(C(F)(F)F)cc1)[Si](C)(C)c1ccccc1. The molecule has 0 spiro atoms. The fourth-order valence-corrected chi connectivity index (χ4v) is 15.3. The van der Waals surface area contributed by atoms with Crippen molar-refractivity contribution in [2.24, 2.45) is 0 Å². The van der Waals surface area contributed by atoms with Gasteiger partial charge in [-0.1, -0.05) is 121 Å². The van der Waals surface area contributed by atoms with E-state index < -0.39 is 39.6 Å². The Hall–Kier alpha value is -3.11. The van der Waals surface area contributed by atoms with Crippen molar-refractivity contribution in [1.29, 1.82) is 0 Å². The van der Waals surface area contributed by atoms with E-state index >= 15 is 0 Å². The summed E-state index contributed by atoms with van der Waals surface area (Å²) in [6.45, 7) is 8.82. The van der Waals surface area contributed by atoms with Crippen LogP contribution in [0, 0.1) is 0 Å². The molecule has 0 fully saturated rings. The van der Waals surface area contributed by atoms with Crippen molar-refractivity contribution in [3.8, 4) is 0 Å². The van der Waals surface area contributed by atoms with Crippen molar-refractivity contribution in [2.45, 2.75) is 49.6 Å². The van der Waals surface area contributed by atoms with Crippen molar-refractivity contribution in [2.75, 3.05) is 0 Å². The molecule has 4 aromatic rings. The molecular weight excluding hydrogens is 555 g/mol. The fraction of sp³-hybridized carbons (Fsp3) is 0.250. The smallest absolute Gasteiger partial charge is 0.166 e. The topological polar surface area (TPSA) is 0 Å². The lowest BCUT2D eigenvalue weighted by Crippen LogP contribution is -2.58. The van der Waals surface area contributed by atoms with Gasteiger partial charge in [0, 0.05) is 0 Å². The molecule has 0 aromatic heterocycles. The molecule has 0 nitrogen and oxygen atoms in total. The molecule has 0 saturated carbocycles. The molecule has 0 aliphatic heterocycles. The molecule has 210 valence electrons. The number of halogens is 6. The molecule has 40 heavy (non-hydrogen) atoms. The summed E-state index contributed by atoms with van der Waals surface area (Å²) >= 11 is 0. The molecule has 0 saturated heterocycles. The van der Waals surface area contributed by atoms with Gasteiger partial charge in [0.05, 0.1) is 27.3 Å². The molecule has 0 bridgehead atoms. The minimum absolute atomic E-state index is 0.212. The molecule has 0 N–H and O–H groups in total. The van der Waals surface area contributed by atoms with Gasteiger partial charge in [0.2, 0.25) is 0 Å². The fourth-order valence-electron chi connectivity index (χ4n) is 5.90. The monoisotopic (exact) mass is 586 g/mol. The van der Waals surface area contributed by atoms with Gasteiger partial charge in [-0.2, -0.15) is 26.3 Å². The number of alkyl halides is 6. The van der Waals surface area contributed by atoms with E-state index in [-0.39, 0.29) is 11.1 Å². The second-order valence-electron chi connectivity index (χ2n) is 11.4. The molecule has 2 unspecified atom stereocenters. The van der Waals surface area contributed by atoms with Crippen molar-refractivity contribution in [1.82, 2.24) is 0 Å². The highest BCUT2D eigenvalue weighted by Crippen LogP contribution is 2.46. The molecule has 4 aromatic carbocycles. The highest BCUT2D eigenvalue weighted by Gasteiger charge is 2.48. The van der Waals surface area contributed by atoms with Crippen molar-refractivity contribution < 1.29 is 26.3 Å². The van der Waals surface area contributed by atoms with Crippen LogP contribution in [0.3, 0.4) is 0 Å². The predicted molar refractivity (Wildman–Crippen MR) is 155 cm³/mol. The van der Waals surface area contributed by atoms with Gasteiger partial charge in [0.1, 0.15) is 0 Å². The zero-order valence-corrected chi connectivity index (χ0v) is 24.8. The first-order valence-corrected chi connectivity index (χ1v) is 19.2. The van der Waals surface area contributed by atoms with Crippen LogP contribution in [-0.4, -0.2) is 16.1 Å². The van der Waals surface area contributed by atoms with Crippen LogP contribution < -0.4 is 10.4 Å². The van der Waals surface area contributed by atoms with Crippen LogP contribution in [0.2, 0.25) is 26.2 Å². The lowest BCUT2D eigenvalue weighted by atomic mass is 10.0. The zero-order valence-electron chi connectivity index (χ0n) is 22.8. The minimum Gasteiger partial charge on any atom is -0.166 e. The van der Waals surface area contributed by atoms with Gasteiger partial charge >= 0.3 is 12.4 Å². The van der Waals surface area contributed by atoms with Crippen molar-refractivity contribution >= 4 is 26.5 Å². The normalized spacial score (nSPS) is 14.6. The Labute approximate surface area is 233 Å². The second kappa shape index (κ2) is 11.0. The average Bonchev–Trinajstić information content (AvgIpc) is 2.91. The summed E-state index contributed by atoms with van der Waals surface area (Å²) in [6, 6.07) is 30.7. The summed E-state index contributed by atoms with van der Waals surface area (Å²) in [5.74, 6) is 0. The lowest BCUT2D eigenvalue weighted by Gasteiger charge is -2.46. The Morgan fingerprint density at radius 2 is 0.700 bits per heavy atom. The molecule has 2 atom stereocenters. The Kier molecular flexibility index (Phi) is 8.25. The molecular formula is C32H32F6Si2. The molecule has 0 radical (unpaired) electrons. The number of hydrogen-bond donors (Lipinski definition) is 0. The maximum absolute atomic E-state index is 13.5. The Balaban J connectivity index is 2.00. The van der Waals surface area contributed by atoms with Crippen LogP contribution >= 0.6 is 0 Å². The maximum atomic E-state index is 13.5. The summed E-state index contributed by atoms with van der Waals surface area (Å²) in [5.41, 5.74) is -0.323. The molecule has 0 amide bonds. The van der Waals surface area contributed by atoms with Gasteiger partial charge in [-0.3, -0.25) is 0 Å². The van der Waals surface area contributed by atoms with Gasteiger partial charge in [-0.05, 0) is 46.5 Å². The van der Waals surface area contributed by atoms with Gasteiger partial charge in [-0.15, -0.1) is 0 Å². The molecule has 0 aliphatic rings. The van der Waals surface area contributed by atoms with Crippen LogP contribution in [0.4, 0.5) is 26.3 Å². The summed E-state index contributed by atoms with van der Waals surface area (Å²) in [4.78, 5) is 0. The standard InChI is InChI=1S/C32H32F6Si2/c1-39(2,27-11-7-5-8-12-27)29(23-15-19-25(20-16-23)31(33,34)35)30(40(3,4)28-13-9-6-10-14-28)24-17-21-26(22-18-24)32(36,37)38/h5-22,29-30H,1-4H3. The third-order valence-electron chi connectivity index (χ3n) is 8.12. The van der Waals surface area contributed by atoms with Gasteiger partial charge < -0.3 is 0 Å². The number of benzene rings is 4. The highest BCUT2D eigenvalue weighted by molar-refractivity contribution is 6.96. The lowest BCUT2D eigenvalue weighted by molar-refractivity contribution is -0.138. The maximum Gasteiger partial charge on any atom is 0.416 e. The van der Waals surface area contributed by atoms with Crippen molar-refractivity contribution in [3.63, 3.8) is 0 Å². The Bertz CT molecular complexity index is 1280. The van der Waals surface area contributed by atoms with Crippen LogP contribution in [-0.2, 0) is 12.4 Å². The average molecular weight is 587 g/mol. The van der Waals surface area contributed by atoms with E-state index in [1.807, 2.05) is 36.4 Å². The van der Waals surface area contributed by atoms with Crippen LogP contribution in [0.15, 0.2) is 109 Å². The second-order valence-corrected chi connectivity index (χ2v) is 20.7. The Morgan fingerprint density at radius 1 is 0.425 bits per heavy atom. The number of hydrogen-bond acceptors (Lipinski definition) is 0. The summed E-state index contributed by atoms with van der Waals surface area (Å²) in [6.07, 6.45) is -8.93. The first-order valence-electron chi connectivity index (χ1n) is 13.1. The molecule has 4 rings (SSSR count). The van der Waals surface area contributed by atoms with E-state index in [0.717, 1.165) is 45.8 Å². The number of rotatable bonds is 7. The minimum atomic E-state index is -4.47. The van der Waals surface area contributed by atoms with Gasteiger partial charge in [0.15, 0.2) is 0 Å². The summed E-state index contributed by atoms with van der Waals surface area (Å²) in [7, 11) is -5.04. The van der Waals surface area contributed by atoms with E-state index in [0.29, 0.717) is 0 Å². The van der Waals surface area contributed by atoms with E-state index in [1.54, 1.807) is 24.3 Å². The first kappa shape index (κ1) is 29.9. The van der Waals surface area contributed by atoms with E-state index in [2.05, 4.69) is 50.5 Å². The van der Waals surface area contributed by atoms with Gasteiger partial charge in [-0.25, -0.2) is 0 Å². The van der Waals surface area contributed by atoms with E-state index in [9.17, 15) is 26.3 Å². The van der Waals surface area contributed by atoms with Crippen LogP contribution in [0.5, 0.6) is 0 Å². The van der Waals surface area contributed by atoms with E-state index in [4.69, 9.17) is 0 Å². The highest BCUT2D eigenvalue weighted by atomic mass is 28.3. The Morgan fingerprint density at radius 3 is 0.950 bits per heavy atom. The zero-order chi connectivity index (χ0) is 29.3. The quantitative estimate of drug-likeness (QED) is 0.150. The molecule has 8 heteroatoms. The summed E-state index contributed by atoms with van der Waals surface area (Å²) < 4.78 is 81.1. The predicted octanol–water partition coefficient (Wildman–Crippen LogP) is 8.90. The largest absolute Gasteiger partial charge is 0.416 e. The third-order valence-corrected chi connectivity index (χ3v) is 16.5.